The number of nitrogens with one attached hydrogen (secondary N) is 3. The topological polar surface area (TPSA) is 127 Å². The number of nitriles is 1. The van der Waals surface area contributed by atoms with Crippen molar-refractivity contribution in [3.63, 3.8) is 0 Å². The number of benzene rings is 1. The summed E-state index contributed by atoms with van der Waals surface area (Å²) in [6.45, 7) is 4.50. The average molecular weight is 534 g/mol. The number of hydrogen-bond acceptors (Lipinski definition) is 5. The van der Waals surface area contributed by atoms with Gasteiger partial charge in [0.05, 0.1) is 13.2 Å². The molecule has 1 aromatic carbocycles. The smallest absolute Gasteiger partial charge is 0.271 e. The largest absolute Gasteiger partial charge is 0.496 e. The number of amides is 3. The number of H-pyrrole nitrogens is 1. The molecule has 3 aliphatic rings. The van der Waals surface area contributed by atoms with Crippen LogP contribution in [0.2, 0.25) is 0 Å². The Balaban J connectivity index is 1.35. The fraction of sp³-hybridized carbons (Fsp3) is 0.600. The van der Waals surface area contributed by atoms with Gasteiger partial charge in [-0.05, 0) is 76.0 Å². The van der Waals surface area contributed by atoms with Crippen LogP contribution < -0.4 is 15.4 Å². The number of methoxy groups -OCH3 is 1. The second-order valence-corrected chi connectivity index (χ2v) is 12.4. The maximum Gasteiger partial charge on any atom is 0.271 e. The predicted octanol–water partition coefficient (Wildman–Crippen LogP) is 4.04. The molecule has 0 unspecified atom stereocenters. The van der Waals surface area contributed by atoms with Gasteiger partial charge in [0.2, 0.25) is 11.8 Å². The Morgan fingerprint density at radius 2 is 2.00 bits per heavy atom. The summed E-state index contributed by atoms with van der Waals surface area (Å²) in [5.74, 6) is -0.265. The first-order valence-electron chi connectivity index (χ1n) is 14.1. The SMILES string of the molecule is COc1cccc2[nH]c(C(=O)N3CC4(CCCCC4)C[C@@H]3C(=O)N[C@H](C#N)C[C@@H]3CCC(C)(C)NC3=O)cc12. The highest BCUT2D eigenvalue weighted by atomic mass is 16.5. The second kappa shape index (κ2) is 10.6. The van der Waals surface area contributed by atoms with Crippen LogP contribution in [-0.2, 0) is 9.59 Å². The Kier molecular flexibility index (Phi) is 7.32. The highest BCUT2D eigenvalue weighted by Crippen LogP contribution is 2.47. The molecule has 9 heteroatoms. The van der Waals surface area contributed by atoms with Gasteiger partial charge in [-0.15, -0.1) is 0 Å². The van der Waals surface area contributed by atoms with E-state index < -0.39 is 12.1 Å². The molecule has 1 aromatic heterocycles. The fourth-order valence-corrected chi connectivity index (χ4v) is 6.83. The molecule has 1 spiro atoms. The number of nitrogens with zero attached hydrogens (tertiary/aromatic N) is 2. The van der Waals surface area contributed by atoms with Crippen molar-refractivity contribution in [3.05, 3.63) is 30.0 Å². The molecule has 5 rings (SSSR count). The zero-order valence-corrected chi connectivity index (χ0v) is 23.1. The van der Waals surface area contributed by atoms with Crippen LogP contribution in [0.3, 0.4) is 0 Å². The highest BCUT2D eigenvalue weighted by molar-refractivity contribution is 6.02. The van der Waals surface area contributed by atoms with E-state index in [0.717, 1.165) is 43.0 Å². The third kappa shape index (κ3) is 5.47. The highest BCUT2D eigenvalue weighted by Gasteiger charge is 2.49. The van der Waals surface area contributed by atoms with Gasteiger partial charge in [-0.3, -0.25) is 14.4 Å². The molecule has 3 amide bonds. The van der Waals surface area contributed by atoms with Gasteiger partial charge < -0.3 is 25.3 Å². The Labute approximate surface area is 229 Å². The standard InChI is InChI=1S/C30H39N5O4/c1-29(2)13-10-19(26(36)34-29)14-20(17-31)32-27(37)24-16-30(11-5-4-6-12-30)18-35(24)28(38)23-15-21-22(33-23)8-7-9-25(21)39-3/h7-9,15,19-20,24,33H,4-6,10-14,16,18H2,1-3H3,(H,32,37)(H,34,36)/t19-,20-,24+/m0/s1. The summed E-state index contributed by atoms with van der Waals surface area (Å²) in [7, 11) is 1.60. The van der Waals surface area contributed by atoms with E-state index in [1.807, 2.05) is 32.0 Å². The monoisotopic (exact) mass is 533 g/mol. The van der Waals surface area contributed by atoms with E-state index in [4.69, 9.17) is 4.74 Å². The van der Waals surface area contributed by atoms with Crippen molar-refractivity contribution in [1.82, 2.24) is 20.5 Å². The number of ether oxygens (including phenoxy) is 1. The molecule has 9 nitrogen and oxygen atoms in total. The molecule has 1 saturated carbocycles. The van der Waals surface area contributed by atoms with Crippen molar-refractivity contribution >= 4 is 28.6 Å². The van der Waals surface area contributed by atoms with Gasteiger partial charge in [0.1, 0.15) is 23.5 Å². The Morgan fingerprint density at radius 1 is 1.23 bits per heavy atom. The van der Waals surface area contributed by atoms with E-state index >= 15 is 0 Å². The Hall–Kier alpha value is -3.54. The Morgan fingerprint density at radius 3 is 2.69 bits per heavy atom. The van der Waals surface area contributed by atoms with Crippen LogP contribution in [0.4, 0.5) is 0 Å². The number of hydrogen-bond donors (Lipinski definition) is 3. The molecule has 2 saturated heterocycles. The molecular weight excluding hydrogens is 494 g/mol. The summed E-state index contributed by atoms with van der Waals surface area (Å²) >= 11 is 0. The van der Waals surface area contributed by atoms with Gasteiger partial charge in [-0.2, -0.15) is 5.26 Å². The van der Waals surface area contributed by atoms with Crippen molar-refractivity contribution in [2.45, 2.75) is 89.3 Å². The van der Waals surface area contributed by atoms with Crippen molar-refractivity contribution < 1.29 is 19.1 Å². The minimum atomic E-state index is -0.799. The number of carbonyl (C=O) groups is 3. The number of likely N-dealkylation sites (tertiary alicyclic amines) is 1. The van der Waals surface area contributed by atoms with Crippen LogP contribution in [0.15, 0.2) is 24.3 Å². The quantitative estimate of drug-likeness (QED) is 0.516. The first-order chi connectivity index (χ1) is 18.6. The van der Waals surface area contributed by atoms with Crippen molar-refractivity contribution in [2.24, 2.45) is 11.3 Å². The first kappa shape index (κ1) is 27.0. The lowest BCUT2D eigenvalue weighted by atomic mass is 9.72. The van der Waals surface area contributed by atoms with Gasteiger partial charge in [0.15, 0.2) is 0 Å². The van der Waals surface area contributed by atoms with E-state index in [9.17, 15) is 19.6 Å². The molecule has 2 aliphatic heterocycles. The minimum Gasteiger partial charge on any atom is -0.496 e. The molecule has 39 heavy (non-hydrogen) atoms. The van der Waals surface area contributed by atoms with Crippen molar-refractivity contribution in [2.75, 3.05) is 13.7 Å². The normalized spacial score (nSPS) is 24.7. The number of piperidine rings is 1. The molecule has 3 N–H and O–H groups in total. The van der Waals surface area contributed by atoms with Crippen LogP contribution >= 0.6 is 0 Å². The van der Waals surface area contributed by atoms with Crippen molar-refractivity contribution in [3.8, 4) is 11.8 Å². The maximum absolute atomic E-state index is 13.9. The van der Waals surface area contributed by atoms with Gasteiger partial charge in [-0.25, -0.2) is 0 Å². The van der Waals surface area contributed by atoms with E-state index in [1.54, 1.807) is 18.1 Å². The molecule has 0 radical (unpaired) electrons. The molecule has 1 aliphatic carbocycles. The fourth-order valence-electron chi connectivity index (χ4n) is 6.83. The lowest BCUT2D eigenvalue weighted by Gasteiger charge is -2.35. The lowest BCUT2D eigenvalue weighted by molar-refractivity contribution is -0.130. The summed E-state index contributed by atoms with van der Waals surface area (Å²) in [6.07, 6.45) is 7.67. The van der Waals surface area contributed by atoms with E-state index in [1.165, 1.54) is 6.42 Å². The first-order valence-corrected chi connectivity index (χ1v) is 14.1. The molecule has 3 fully saturated rings. The number of carbonyl (C=O) groups excluding carboxylic acids is 3. The summed E-state index contributed by atoms with van der Waals surface area (Å²) in [5, 5.41) is 16.6. The number of aromatic nitrogens is 1. The molecule has 208 valence electrons. The predicted molar refractivity (Wildman–Crippen MR) is 147 cm³/mol. The maximum atomic E-state index is 13.9. The van der Waals surface area contributed by atoms with Crippen LogP contribution in [0.5, 0.6) is 5.75 Å². The van der Waals surface area contributed by atoms with Crippen LogP contribution in [0.25, 0.3) is 10.9 Å². The van der Waals surface area contributed by atoms with Gasteiger partial charge >= 0.3 is 0 Å². The number of fused-ring (bicyclic) bond motifs is 1. The molecule has 0 bridgehead atoms. The zero-order valence-electron chi connectivity index (χ0n) is 23.1. The van der Waals surface area contributed by atoms with Crippen LogP contribution in [0.1, 0.15) is 82.1 Å². The number of aromatic amines is 1. The number of rotatable bonds is 6. The van der Waals surface area contributed by atoms with Crippen LogP contribution in [-0.4, -0.2) is 58.9 Å². The van der Waals surface area contributed by atoms with Gasteiger partial charge in [-0.1, -0.05) is 25.3 Å². The van der Waals surface area contributed by atoms with Gasteiger partial charge in [0, 0.05) is 28.9 Å². The second-order valence-electron chi connectivity index (χ2n) is 12.4. The summed E-state index contributed by atoms with van der Waals surface area (Å²) < 4.78 is 5.46. The molecular formula is C30H39N5O4. The summed E-state index contributed by atoms with van der Waals surface area (Å²) in [6, 6.07) is 8.12. The molecule has 3 heterocycles. The van der Waals surface area contributed by atoms with Crippen molar-refractivity contribution in [1.29, 1.82) is 5.26 Å². The third-order valence-corrected chi connectivity index (χ3v) is 9.00. The Bertz CT molecular complexity index is 1300. The van der Waals surface area contributed by atoms with E-state index in [0.29, 0.717) is 30.8 Å². The van der Waals surface area contributed by atoms with E-state index in [2.05, 4.69) is 21.7 Å². The zero-order chi connectivity index (χ0) is 27.8. The summed E-state index contributed by atoms with van der Waals surface area (Å²) in [4.78, 5) is 45.1. The minimum absolute atomic E-state index is 0.0752. The molecule has 2 aromatic rings. The lowest BCUT2D eigenvalue weighted by Crippen LogP contribution is -2.53. The van der Waals surface area contributed by atoms with Gasteiger partial charge in [0.25, 0.3) is 5.91 Å². The summed E-state index contributed by atoms with van der Waals surface area (Å²) in [5.41, 5.74) is 0.864. The third-order valence-electron chi connectivity index (χ3n) is 9.00. The van der Waals surface area contributed by atoms with Crippen LogP contribution in [0, 0.1) is 22.7 Å². The average Bonchev–Trinajstić information content (AvgIpc) is 3.51. The molecule has 3 atom stereocenters. The van der Waals surface area contributed by atoms with E-state index in [-0.39, 0.29) is 41.0 Å².